The van der Waals surface area contributed by atoms with Gasteiger partial charge in [-0.25, -0.2) is 0 Å². The zero-order chi connectivity index (χ0) is 20.2. The summed E-state index contributed by atoms with van der Waals surface area (Å²) in [6.07, 6.45) is 7.53. The van der Waals surface area contributed by atoms with Crippen LogP contribution in [0.1, 0.15) is 64.9 Å². The van der Waals surface area contributed by atoms with E-state index in [2.05, 4.69) is 21.7 Å². The molecule has 1 unspecified atom stereocenters. The first-order valence-electron chi connectivity index (χ1n) is 10.2. The molecule has 1 aromatic carbocycles. The van der Waals surface area contributed by atoms with Crippen molar-refractivity contribution in [3.05, 3.63) is 47.3 Å². The van der Waals surface area contributed by atoms with Gasteiger partial charge in [0.15, 0.2) is 5.69 Å². The average molecular weight is 392 g/mol. The van der Waals surface area contributed by atoms with Crippen molar-refractivity contribution >= 4 is 11.8 Å². The van der Waals surface area contributed by atoms with Crippen LogP contribution in [-0.4, -0.2) is 50.3 Å². The SMILES string of the molecule is N#Cc1ccc(C(=O)N2CCCCC2CCn2cc(C(=O)NC3CC3)nn2)cc1. The molecule has 8 nitrogen and oxygen atoms in total. The number of nitriles is 1. The van der Waals surface area contributed by atoms with Gasteiger partial charge in [0.05, 0.1) is 17.8 Å². The predicted molar refractivity (Wildman–Crippen MR) is 105 cm³/mol. The van der Waals surface area contributed by atoms with Crippen molar-refractivity contribution in [3.63, 3.8) is 0 Å². The van der Waals surface area contributed by atoms with Crippen molar-refractivity contribution in [1.82, 2.24) is 25.2 Å². The summed E-state index contributed by atoms with van der Waals surface area (Å²) in [7, 11) is 0. The molecule has 0 spiro atoms. The molecule has 1 aliphatic carbocycles. The van der Waals surface area contributed by atoms with Gasteiger partial charge in [0, 0.05) is 30.7 Å². The number of aromatic nitrogens is 3. The number of hydrogen-bond acceptors (Lipinski definition) is 5. The van der Waals surface area contributed by atoms with E-state index in [4.69, 9.17) is 5.26 Å². The molecular weight excluding hydrogens is 368 g/mol. The number of amides is 2. The second-order valence-electron chi connectivity index (χ2n) is 7.74. The summed E-state index contributed by atoms with van der Waals surface area (Å²) in [5.74, 6) is -0.170. The number of rotatable bonds is 6. The van der Waals surface area contributed by atoms with Gasteiger partial charge in [0.2, 0.25) is 0 Å². The molecule has 1 aliphatic heterocycles. The number of likely N-dealkylation sites (tertiary alicyclic amines) is 1. The third-order valence-electron chi connectivity index (χ3n) is 5.52. The minimum atomic E-state index is -0.172. The lowest BCUT2D eigenvalue weighted by atomic mass is 9.98. The van der Waals surface area contributed by atoms with Gasteiger partial charge in [0.1, 0.15) is 0 Å². The van der Waals surface area contributed by atoms with Crippen LogP contribution in [0.15, 0.2) is 30.5 Å². The standard InChI is InChI=1S/C21H24N6O2/c22-13-15-4-6-16(7-5-15)21(29)27-11-2-1-3-18(27)10-12-26-14-19(24-25-26)20(28)23-17-8-9-17/h4-7,14,17-18H,1-3,8-12H2,(H,23,28). The van der Waals surface area contributed by atoms with Crippen molar-refractivity contribution in [2.75, 3.05) is 6.54 Å². The van der Waals surface area contributed by atoms with Crippen LogP contribution in [0.3, 0.4) is 0 Å². The molecule has 2 fully saturated rings. The zero-order valence-corrected chi connectivity index (χ0v) is 16.3. The molecule has 1 aromatic heterocycles. The van der Waals surface area contributed by atoms with Crippen LogP contribution in [0, 0.1) is 11.3 Å². The highest BCUT2D eigenvalue weighted by molar-refractivity contribution is 5.94. The van der Waals surface area contributed by atoms with Crippen molar-refractivity contribution in [1.29, 1.82) is 5.26 Å². The molecule has 0 bridgehead atoms. The highest BCUT2D eigenvalue weighted by atomic mass is 16.2. The van der Waals surface area contributed by atoms with Gasteiger partial charge >= 0.3 is 0 Å². The van der Waals surface area contributed by atoms with Gasteiger partial charge < -0.3 is 10.2 Å². The molecule has 2 heterocycles. The first-order valence-corrected chi connectivity index (χ1v) is 10.2. The zero-order valence-electron chi connectivity index (χ0n) is 16.3. The smallest absolute Gasteiger partial charge is 0.273 e. The number of benzene rings is 1. The number of aryl methyl sites for hydroxylation is 1. The third kappa shape index (κ3) is 4.62. The molecule has 4 rings (SSSR count). The first kappa shape index (κ1) is 19.1. The fraction of sp³-hybridized carbons (Fsp3) is 0.476. The number of nitrogens with one attached hydrogen (secondary N) is 1. The van der Waals surface area contributed by atoms with Crippen LogP contribution in [0.2, 0.25) is 0 Å². The van der Waals surface area contributed by atoms with Crippen LogP contribution in [0.4, 0.5) is 0 Å². The summed E-state index contributed by atoms with van der Waals surface area (Å²) < 4.78 is 1.68. The van der Waals surface area contributed by atoms with E-state index in [1.54, 1.807) is 35.1 Å². The van der Waals surface area contributed by atoms with Crippen LogP contribution < -0.4 is 5.32 Å². The Hall–Kier alpha value is -3.21. The monoisotopic (exact) mass is 392 g/mol. The van der Waals surface area contributed by atoms with Crippen molar-refractivity contribution < 1.29 is 9.59 Å². The van der Waals surface area contributed by atoms with E-state index in [1.807, 2.05) is 4.90 Å². The maximum Gasteiger partial charge on any atom is 0.273 e. The predicted octanol–water partition coefficient (Wildman–Crippen LogP) is 2.13. The van der Waals surface area contributed by atoms with E-state index in [0.717, 1.165) is 45.1 Å². The molecule has 0 radical (unpaired) electrons. The summed E-state index contributed by atoms with van der Waals surface area (Å²) in [6, 6.07) is 9.27. The van der Waals surface area contributed by atoms with Crippen molar-refractivity contribution in [2.45, 2.75) is 57.2 Å². The Morgan fingerprint density at radius 1 is 1.17 bits per heavy atom. The van der Waals surface area contributed by atoms with Crippen LogP contribution >= 0.6 is 0 Å². The van der Waals surface area contributed by atoms with E-state index >= 15 is 0 Å². The molecule has 1 atom stereocenters. The fourth-order valence-electron chi connectivity index (χ4n) is 3.70. The fourth-order valence-corrected chi connectivity index (χ4v) is 3.70. The third-order valence-corrected chi connectivity index (χ3v) is 5.52. The maximum absolute atomic E-state index is 13.0. The quantitative estimate of drug-likeness (QED) is 0.811. The van der Waals surface area contributed by atoms with Gasteiger partial charge in [-0.3, -0.25) is 14.3 Å². The van der Waals surface area contributed by atoms with Crippen LogP contribution in [0.5, 0.6) is 0 Å². The minimum absolute atomic E-state index is 0.00211. The molecule has 2 amide bonds. The lowest BCUT2D eigenvalue weighted by Crippen LogP contribution is -2.44. The Balaban J connectivity index is 1.37. The van der Waals surface area contributed by atoms with Crippen molar-refractivity contribution in [2.24, 2.45) is 0 Å². The van der Waals surface area contributed by atoms with Gasteiger partial charge in [-0.2, -0.15) is 5.26 Å². The molecule has 150 valence electrons. The second-order valence-corrected chi connectivity index (χ2v) is 7.74. The van der Waals surface area contributed by atoms with Crippen LogP contribution in [0.25, 0.3) is 0 Å². The summed E-state index contributed by atoms with van der Waals surface area (Å²) in [5.41, 5.74) is 1.49. The Morgan fingerprint density at radius 3 is 2.69 bits per heavy atom. The minimum Gasteiger partial charge on any atom is -0.348 e. The number of hydrogen-bond donors (Lipinski definition) is 1. The molecule has 1 saturated heterocycles. The first-order chi connectivity index (χ1) is 14.1. The molecule has 8 heteroatoms. The van der Waals surface area contributed by atoms with E-state index in [-0.39, 0.29) is 23.9 Å². The second kappa shape index (κ2) is 8.43. The number of carbonyl (C=O) groups is 2. The number of carbonyl (C=O) groups excluding carboxylic acids is 2. The van der Waals surface area contributed by atoms with Gasteiger partial charge in [-0.15, -0.1) is 5.10 Å². The van der Waals surface area contributed by atoms with Gasteiger partial charge in [-0.1, -0.05) is 5.21 Å². The Bertz CT molecular complexity index is 925. The summed E-state index contributed by atoms with van der Waals surface area (Å²) in [4.78, 5) is 27.0. The molecule has 2 aromatic rings. The van der Waals surface area contributed by atoms with Gasteiger partial charge in [0.25, 0.3) is 11.8 Å². The topological polar surface area (TPSA) is 104 Å². The molecule has 2 aliphatic rings. The normalized spacial score (nSPS) is 18.9. The van der Waals surface area contributed by atoms with Crippen LogP contribution in [-0.2, 0) is 6.54 Å². The van der Waals surface area contributed by atoms with Gasteiger partial charge in [-0.05, 0) is 62.8 Å². The lowest BCUT2D eigenvalue weighted by molar-refractivity contribution is 0.0593. The maximum atomic E-state index is 13.0. The molecular formula is C21H24N6O2. The van der Waals surface area contributed by atoms with Crippen molar-refractivity contribution in [3.8, 4) is 6.07 Å². The summed E-state index contributed by atoms with van der Waals surface area (Å²) in [6.45, 7) is 1.33. The van der Waals surface area contributed by atoms with E-state index in [1.165, 1.54) is 0 Å². The number of piperidine rings is 1. The number of nitrogens with zero attached hydrogens (tertiary/aromatic N) is 5. The van der Waals surface area contributed by atoms with E-state index in [0.29, 0.717) is 23.4 Å². The summed E-state index contributed by atoms with van der Waals surface area (Å²) in [5, 5.41) is 19.9. The van der Waals surface area contributed by atoms with E-state index < -0.39 is 0 Å². The molecule has 1 N–H and O–H groups in total. The average Bonchev–Trinajstić information content (AvgIpc) is 3.45. The Morgan fingerprint density at radius 2 is 1.97 bits per heavy atom. The highest BCUT2D eigenvalue weighted by Crippen LogP contribution is 2.23. The summed E-state index contributed by atoms with van der Waals surface area (Å²) >= 11 is 0. The highest BCUT2D eigenvalue weighted by Gasteiger charge is 2.28. The molecule has 1 saturated carbocycles. The van der Waals surface area contributed by atoms with E-state index in [9.17, 15) is 9.59 Å². The lowest BCUT2D eigenvalue weighted by Gasteiger charge is -2.36. The molecule has 29 heavy (non-hydrogen) atoms. The Kier molecular flexibility index (Phi) is 5.56. The largest absolute Gasteiger partial charge is 0.348 e. The Labute approximate surface area is 169 Å².